The highest BCUT2D eigenvalue weighted by Crippen LogP contribution is 2.36. The van der Waals surface area contributed by atoms with Crippen LogP contribution in [0.25, 0.3) is 0 Å². The lowest BCUT2D eigenvalue weighted by Crippen LogP contribution is -2.45. The summed E-state index contributed by atoms with van der Waals surface area (Å²) in [6.07, 6.45) is 1.36. The molecular weight excluding hydrogens is 373 g/mol. The quantitative estimate of drug-likeness (QED) is 0.818. The van der Waals surface area contributed by atoms with E-state index in [1.807, 2.05) is 0 Å². The number of hydrogen-bond donors (Lipinski definition) is 2. The molecular formula is C15H15Cl2N3O3S. The number of rotatable bonds is 4. The molecule has 2 aliphatic rings. The molecule has 128 valence electrons. The monoisotopic (exact) mass is 387 g/mol. The summed E-state index contributed by atoms with van der Waals surface area (Å²) in [6.45, 7) is 0.127. The van der Waals surface area contributed by atoms with E-state index in [0.29, 0.717) is 12.8 Å². The average molecular weight is 388 g/mol. The van der Waals surface area contributed by atoms with E-state index in [2.05, 4.69) is 16.7 Å². The van der Waals surface area contributed by atoms with Gasteiger partial charge >= 0.3 is 0 Å². The van der Waals surface area contributed by atoms with Crippen LogP contribution in [0.3, 0.4) is 0 Å². The molecule has 2 N–H and O–H groups in total. The lowest BCUT2D eigenvalue weighted by atomic mass is 10.2. The Bertz CT molecular complexity index is 811. The van der Waals surface area contributed by atoms with Crippen LogP contribution in [0.15, 0.2) is 23.1 Å². The summed E-state index contributed by atoms with van der Waals surface area (Å²) in [7, 11) is -3.77. The number of sulfone groups is 1. The summed E-state index contributed by atoms with van der Waals surface area (Å²) in [6, 6.07) is 5.93. The smallest absolute Gasteiger partial charge is 0.238 e. The number of halogens is 2. The lowest BCUT2D eigenvalue weighted by Gasteiger charge is -2.15. The average Bonchev–Trinajstić information content (AvgIpc) is 3.10. The number of carbonyl (C=O) groups excluding carboxylic acids is 1. The fourth-order valence-electron chi connectivity index (χ4n) is 2.77. The summed E-state index contributed by atoms with van der Waals surface area (Å²) in [5.74, 6) is -0.350. The highest BCUT2D eigenvalue weighted by Gasteiger charge is 2.47. The molecule has 0 aromatic heterocycles. The van der Waals surface area contributed by atoms with Crippen molar-refractivity contribution in [3.63, 3.8) is 0 Å². The molecule has 0 bridgehead atoms. The Morgan fingerprint density at radius 2 is 1.96 bits per heavy atom. The minimum Gasteiger partial charge on any atom is -0.336 e. The lowest BCUT2D eigenvalue weighted by molar-refractivity contribution is -0.123. The van der Waals surface area contributed by atoms with Crippen molar-refractivity contribution in [3.8, 4) is 6.07 Å². The first kappa shape index (κ1) is 17.5. The fraction of sp³-hybridized carbons (Fsp3) is 0.467. The van der Waals surface area contributed by atoms with E-state index >= 15 is 0 Å². The fourth-order valence-corrected chi connectivity index (χ4v) is 5.59. The molecule has 1 saturated heterocycles. The van der Waals surface area contributed by atoms with Crippen LogP contribution in [0, 0.1) is 11.3 Å². The highest BCUT2D eigenvalue weighted by molar-refractivity contribution is 7.92. The number of benzene rings is 1. The van der Waals surface area contributed by atoms with E-state index in [1.165, 1.54) is 12.1 Å². The first-order chi connectivity index (χ1) is 11.3. The van der Waals surface area contributed by atoms with Crippen LogP contribution >= 0.6 is 23.2 Å². The SMILES string of the molecule is N#CC1(NC(=O)C2CC(S(=O)(=O)c3c(Cl)cccc3Cl)CN2)CC1. The van der Waals surface area contributed by atoms with Crippen molar-refractivity contribution in [2.24, 2.45) is 0 Å². The van der Waals surface area contributed by atoms with Gasteiger partial charge in [0.15, 0.2) is 9.84 Å². The second-order valence-corrected chi connectivity index (χ2v) is 9.08. The standard InChI is InChI=1S/C15H15Cl2N3O3S/c16-10-2-1-3-11(17)13(10)24(22,23)9-6-12(19-7-9)14(21)20-15(8-18)4-5-15/h1-3,9,12,19H,4-7H2,(H,20,21). The Balaban J connectivity index is 1.75. The van der Waals surface area contributed by atoms with Crippen LogP contribution < -0.4 is 10.6 Å². The third kappa shape index (κ3) is 3.11. The van der Waals surface area contributed by atoms with E-state index in [4.69, 9.17) is 28.5 Å². The molecule has 24 heavy (non-hydrogen) atoms. The second kappa shape index (κ2) is 6.19. The highest BCUT2D eigenvalue weighted by atomic mass is 35.5. The van der Waals surface area contributed by atoms with Crippen LogP contribution in [-0.4, -0.2) is 37.7 Å². The molecule has 6 nitrogen and oxygen atoms in total. The molecule has 3 rings (SSSR count). The van der Waals surface area contributed by atoms with Gasteiger partial charge in [0.05, 0.1) is 27.4 Å². The third-order valence-electron chi connectivity index (χ3n) is 4.38. The van der Waals surface area contributed by atoms with Gasteiger partial charge in [-0.05, 0) is 31.4 Å². The zero-order chi connectivity index (χ0) is 17.5. The van der Waals surface area contributed by atoms with Crippen molar-refractivity contribution < 1.29 is 13.2 Å². The summed E-state index contributed by atoms with van der Waals surface area (Å²) >= 11 is 12.0. The van der Waals surface area contributed by atoms with Crippen LogP contribution in [-0.2, 0) is 14.6 Å². The Hall–Kier alpha value is -1.33. The Morgan fingerprint density at radius 3 is 2.50 bits per heavy atom. The van der Waals surface area contributed by atoms with E-state index in [9.17, 15) is 13.2 Å². The van der Waals surface area contributed by atoms with Crippen LogP contribution in [0.1, 0.15) is 19.3 Å². The molecule has 1 amide bonds. The third-order valence-corrected chi connectivity index (χ3v) is 7.48. The molecule has 1 aromatic rings. The summed E-state index contributed by atoms with van der Waals surface area (Å²) < 4.78 is 25.6. The number of hydrogen-bond acceptors (Lipinski definition) is 5. The van der Waals surface area contributed by atoms with Crippen LogP contribution in [0.2, 0.25) is 10.0 Å². The zero-order valence-electron chi connectivity index (χ0n) is 12.6. The Labute approximate surface area is 150 Å². The first-order valence-electron chi connectivity index (χ1n) is 7.44. The van der Waals surface area contributed by atoms with Crippen molar-refractivity contribution in [1.29, 1.82) is 5.26 Å². The summed E-state index contributed by atoms with van der Waals surface area (Å²) in [5, 5.41) is 14.0. The van der Waals surface area contributed by atoms with E-state index < -0.39 is 26.7 Å². The van der Waals surface area contributed by atoms with Gasteiger partial charge in [0.1, 0.15) is 10.4 Å². The Morgan fingerprint density at radius 1 is 1.33 bits per heavy atom. The van der Waals surface area contributed by atoms with Crippen molar-refractivity contribution in [3.05, 3.63) is 28.2 Å². The molecule has 9 heteroatoms. The maximum absolute atomic E-state index is 12.8. The number of amides is 1. The van der Waals surface area contributed by atoms with Crippen molar-refractivity contribution in [1.82, 2.24) is 10.6 Å². The molecule has 0 spiro atoms. The second-order valence-electron chi connectivity index (χ2n) is 6.10. The van der Waals surface area contributed by atoms with Crippen molar-refractivity contribution in [2.45, 2.75) is 41.0 Å². The molecule has 1 aliphatic carbocycles. The molecule has 0 radical (unpaired) electrons. The zero-order valence-corrected chi connectivity index (χ0v) is 14.9. The summed E-state index contributed by atoms with van der Waals surface area (Å²) in [4.78, 5) is 12.1. The number of nitrogens with zero attached hydrogens (tertiary/aromatic N) is 1. The summed E-state index contributed by atoms with van der Waals surface area (Å²) in [5.41, 5.74) is -0.776. The van der Waals surface area contributed by atoms with E-state index in [0.717, 1.165) is 0 Å². The predicted molar refractivity (Wildman–Crippen MR) is 89.6 cm³/mol. The molecule has 2 fully saturated rings. The predicted octanol–water partition coefficient (Wildman–Crippen LogP) is 1.67. The van der Waals surface area contributed by atoms with E-state index in [1.54, 1.807) is 6.07 Å². The Kier molecular flexibility index (Phi) is 4.51. The molecule has 1 heterocycles. The maximum Gasteiger partial charge on any atom is 0.238 e. The molecule has 1 saturated carbocycles. The molecule has 2 atom stereocenters. The van der Waals surface area contributed by atoms with Gasteiger partial charge in [-0.1, -0.05) is 29.3 Å². The number of nitrogens with one attached hydrogen (secondary N) is 2. The topological polar surface area (TPSA) is 99.1 Å². The van der Waals surface area contributed by atoms with Gasteiger partial charge in [0, 0.05) is 6.54 Å². The minimum absolute atomic E-state index is 0.0665. The number of nitriles is 1. The van der Waals surface area contributed by atoms with Gasteiger partial charge < -0.3 is 10.6 Å². The van der Waals surface area contributed by atoms with Gasteiger partial charge in [-0.25, -0.2) is 8.42 Å². The number of carbonyl (C=O) groups is 1. The van der Waals surface area contributed by atoms with Gasteiger partial charge in [-0.2, -0.15) is 5.26 Å². The van der Waals surface area contributed by atoms with Crippen molar-refractivity contribution >= 4 is 38.9 Å². The normalized spacial score (nSPS) is 25.0. The van der Waals surface area contributed by atoms with Gasteiger partial charge in [-0.3, -0.25) is 4.79 Å². The van der Waals surface area contributed by atoms with Crippen LogP contribution in [0.5, 0.6) is 0 Å². The molecule has 1 aromatic carbocycles. The largest absolute Gasteiger partial charge is 0.336 e. The van der Waals surface area contributed by atoms with Gasteiger partial charge in [0.25, 0.3) is 0 Å². The molecule has 2 unspecified atom stereocenters. The van der Waals surface area contributed by atoms with Gasteiger partial charge in [0.2, 0.25) is 5.91 Å². The van der Waals surface area contributed by atoms with E-state index in [-0.39, 0.29) is 33.8 Å². The maximum atomic E-state index is 12.8. The first-order valence-corrected chi connectivity index (χ1v) is 9.74. The van der Waals surface area contributed by atoms with Crippen molar-refractivity contribution in [2.75, 3.05) is 6.54 Å². The minimum atomic E-state index is -3.77. The van der Waals surface area contributed by atoms with Gasteiger partial charge in [-0.15, -0.1) is 0 Å². The molecule has 1 aliphatic heterocycles. The van der Waals surface area contributed by atoms with Crippen LogP contribution in [0.4, 0.5) is 0 Å².